The second-order valence-corrected chi connectivity index (χ2v) is 5.96. The lowest BCUT2D eigenvalue weighted by atomic mass is 9.75. The van der Waals surface area contributed by atoms with Gasteiger partial charge in [0.2, 0.25) is 0 Å². The zero-order valence-corrected chi connectivity index (χ0v) is 15.1. The Kier molecular flexibility index (Phi) is 6.54. The topological polar surface area (TPSA) is 77.0 Å². The number of halogens is 2. The molecule has 140 valence electrons. The molecule has 2 aromatic rings. The van der Waals surface area contributed by atoms with E-state index in [1.165, 1.54) is 13.3 Å². The first kappa shape index (κ1) is 19.7. The highest BCUT2D eigenvalue weighted by molar-refractivity contribution is 5.69. The third-order valence-corrected chi connectivity index (χ3v) is 4.62. The minimum absolute atomic E-state index is 0.133. The number of carbonyl (C=O) groups excluding carboxylic acids is 1. The summed E-state index contributed by atoms with van der Waals surface area (Å²) >= 11 is 0. The minimum atomic E-state index is -0.819. The van der Waals surface area contributed by atoms with Gasteiger partial charge in [0, 0.05) is 24.1 Å². The van der Waals surface area contributed by atoms with Gasteiger partial charge in [-0.05, 0) is 19.3 Å². The lowest BCUT2D eigenvalue weighted by Crippen LogP contribution is -2.27. The number of nitrogens with zero attached hydrogens (tertiary/aromatic N) is 3. The summed E-state index contributed by atoms with van der Waals surface area (Å²) in [5.41, 5.74) is 0.340. The molecule has 0 spiro atoms. The summed E-state index contributed by atoms with van der Waals surface area (Å²) in [7, 11) is 1.36. The van der Waals surface area contributed by atoms with E-state index in [0.717, 1.165) is 25.1 Å². The molecule has 0 saturated carbocycles. The number of aromatic nitrogens is 3. The lowest BCUT2D eigenvalue weighted by molar-refractivity contribution is -0.141. The summed E-state index contributed by atoms with van der Waals surface area (Å²) in [5, 5.41) is 2.72. The van der Waals surface area contributed by atoms with Crippen LogP contribution < -0.4 is 5.32 Å². The van der Waals surface area contributed by atoms with E-state index in [9.17, 15) is 13.6 Å². The van der Waals surface area contributed by atoms with E-state index in [1.807, 2.05) is 13.8 Å². The predicted molar refractivity (Wildman–Crippen MR) is 93.0 cm³/mol. The molecule has 0 amide bonds. The minimum Gasteiger partial charge on any atom is -0.469 e. The number of anilines is 2. The van der Waals surface area contributed by atoms with Crippen molar-refractivity contribution in [2.24, 2.45) is 0 Å². The Bertz CT molecular complexity index is 767. The van der Waals surface area contributed by atoms with Gasteiger partial charge in [-0.3, -0.25) is 9.78 Å². The van der Waals surface area contributed by atoms with Gasteiger partial charge in [0.05, 0.1) is 25.2 Å². The van der Waals surface area contributed by atoms with Crippen LogP contribution in [0.1, 0.15) is 45.2 Å². The quantitative estimate of drug-likeness (QED) is 0.716. The van der Waals surface area contributed by atoms with Crippen molar-refractivity contribution < 1.29 is 18.3 Å². The average Bonchev–Trinajstić information content (AvgIpc) is 2.65. The van der Waals surface area contributed by atoms with Gasteiger partial charge in [0.25, 0.3) is 0 Å². The van der Waals surface area contributed by atoms with Crippen LogP contribution in [0.25, 0.3) is 0 Å². The highest BCUT2D eigenvalue weighted by Gasteiger charge is 2.31. The van der Waals surface area contributed by atoms with Gasteiger partial charge in [-0.25, -0.2) is 18.7 Å². The molecule has 6 nitrogen and oxygen atoms in total. The molecule has 2 heterocycles. The number of rotatable bonds is 8. The van der Waals surface area contributed by atoms with Crippen LogP contribution in [0.2, 0.25) is 0 Å². The van der Waals surface area contributed by atoms with Gasteiger partial charge >= 0.3 is 5.97 Å². The van der Waals surface area contributed by atoms with E-state index in [4.69, 9.17) is 4.74 Å². The fourth-order valence-corrected chi connectivity index (χ4v) is 2.85. The first-order valence-electron chi connectivity index (χ1n) is 8.41. The summed E-state index contributed by atoms with van der Waals surface area (Å²) in [4.78, 5) is 23.9. The Hall–Kier alpha value is -2.64. The van der Waals surface area contributed by atoms with E-state index in [1.54, 1.807) is 6.20 Å². The zero-order chi connectivity index (χ0) is 19.2. The maximum absolute atomic E-state index is 13.8. The Morgan fingerprint density at radius 2 is 1.96 bits per heavy atom. The molecule has 0 atom stereocenters. The summed E-state index contributed by atoms with van der Waals surface area (Å²) in [6.45, 7) is 4.04. The van der Waals surface area contributed by atoms with Crippen LogP contribution in [0, 0.1) is 11.6 Å². The molecule has 0 unspecified atom stereocenters. The lowest BCUT2D eigenvalue weighted by Gasteiger charge is -2.30. The molecule has 8 heteroatoms. The van der Waals surface area contributed by atoms with Crippen LogP contribution in [-0.4, -0.2) is 28.0 Å². The highest BCUT2D eigenvalue weighted by Crippen LogP contribution is 2.35. The van der Waals surface area contributed by atoms with Gasteiger partial charge in [-0.15, -0.1) is 0 Å². The Morgan fingerprint density at radius 3 is 2.58 bits per heavy atom. The number of pyridine rings is 1. The number of ether oxygens (including phenoxy) is 1. The molecule has 0 aromatic carbocycles. The molecule has 2 aromatic heterocycles. The van der Waals surface area contributed by atoms with E-state index >= 15 is 0 Å². The highest BCUT2D eigenvalue weighted by atomic mass is 19.1. The van der Waals surface area contributed by atoms with E-state index in [0.29, 0.717) is 17.9 Å². The molecule has 26 heavy (non-hydrogen) atoms. The largest absolute Gasteiger partial charge is 0.469 e. The first-order valence-corrected chi connectivity index (χ1v) is 8.41. The number of methoxy groups -OCH3 is 1. The number of nitrogens with one attached hydrogen (secondary N) is 1. The van der Waals surface area contributed by atoms with Crippen LogP contribution in [0.4, 0.5) is 20.4 Å². The Balaban J connectivity index is 2.28. The number of esters is 1. The third kappa shape index (κ3) is 4.50. The Morgan fingerprint density at radius 1 is 1.23 bits per heavy atom. The average molecular weight is 364 g/mol. The van der Waals surface area contributed by atoms with Crippen LogP contribution >= 0.6 is 0 Å². The number of hydrogen-bond acceptors (Lipinski definition) is 6. The van der Waals surface area contributed by atoms with Crippen LogP contribution in [0.5, 0.6) is 0 Å². The number of carbonyl (C=O) groups is 1. The van der Waals surface area contributed by atoms with Gasteiger partial charge < -0.3 is 10.1 Å². The second-order valence-electron chi connectivity index (χ2n) is 5.96. The SMILES string of the molecule is CCC(CC)(CCC(=O)OC)c1cncc(Nc2ncc(F)cc2F)n1. The van der Waals surface area contributed by atoms with E-state index in [-0.39, 0.29) is 23.6 Å². The summed E-state index contributed by atoms with van der Waals surface area (Å²) in [6.07, 6.45) is 6.33. The van der Waals surface area contributed by atoms with Crippen molar-refractivity contribution in [1.29, 1.82) is 0 Å². The van der Waals surface area contributed by atoms with E-state index < -0.39 is 11.6 Å². The molecule has 0 bridgehead atoms. The molecule has 0 aliphatic carbocycles. The summed E-state index contributed by atoms with van der Waals surface area (Å²) in [6, 6.07) is 0.741. The standard InChI is InChI=1S/C18H22F2N4O2/c1-4-18(5-2,7-6-16(25)26-3)14-10-21-11-15(23-14)24-17-13(20)8-12(19)9-22-17/h8-11H,4-7H2,1-3H3,(H,22,23,24). The van der Waals surface area contributed by atoms with Crippen molar-refractivity contribution >= 4 is 17.6 Å². The predicted octanol–water partition coefficient (Wildman–Crippen LogP) is 3.90. The molecule has 0 radical (unpaired) electrons. The van der Waals surface area contributed by atoms with Gasteiger partial charge in [-0.1, -0.05) is 13.8 Å². The zero-order valence-electron chi connectivity index (χ0n) is 15.1. The van der Waals surface area contributed by atoms with Crippen LogP contribution in [0.15, 0.2) is 24.7 Å². The van der Waals surface area contributed by atoms with Crippen LogP contribution in [0.3, 0.4) is 0 Å². The molecule has 1 N–H and O–H groups in total. The third-order valence-electron chi connectivity index (χ3n) is 4.62. The fourth-order valence-electron chi connectivity index (χ4n) is 2.85. The smallest absolute Gasteiger partial charge is 0.305 e. The van der Waals surface area contributed by atoms with Crippen LogP contribution in [-0.2, 0) is 14.9 Å². The van der Waals surface area contributed by atoms with Crippen molar-refractivity contribution in [3.05, 3.63) is 42.0 Å². The molecule has 0 aliphatic heterocycles. The monoisotopic (exact) mass is 364 g/mol. The summed E-state index contributed by atoms with van der Waals surface area (Å²) in [5.74, 6) is -1.70. The van der Waals surface area contributed by atoms with Gasteiger partial charge in [0.1, 0.15) is 11.6 Å². The normalized spacial score (nSPS) is 11.3. The van der Waals surface area contributed by atoms with Crippen molar-refractivity contribution in [3.63, 3.8) is 0 Å². The summed E-state index contributed by atoms with van der Waals surface area (Å²) < 4.78 is 31.5. The van der Waals surface area contributed by atoms with Gasteiger partial charge in [-0.2, -0.15) is 0 Å². The molecule has 2 rings (SSSR count). The maximum atomic E-state index is 13.8. The molecule has 0 aliphatic rings. The second kappa shape index (κ2) is 8.64. The maximum Gasteiger partial charge on any atom is 0.305 e. The fraction of sp³-hybridized carbons (Fsp3) is 0.444. The van der Waals surface area contributed by atoms with Crippen molar-refractivity contribution in [3.8, 4) is 0 Å². The molecular weight excluding hydrogens is 342 g/mol. The van der Waals surface area contributed by atoms with E-state index in [2.05, 4.69) is 20.3 Å². The van der Waals surface area contributed by atoms with Crippen molar-refractivity contribution in [2.75, 3.05) is 12.4 Å². The Labute approximate surface area is 151 Å². The van der Waals surface area contributed by atoms with Crippen molar-refractivity contribution in [2.45, 2.75) is 44.9 Å². The number of hydrogen-bond donors (Lipinski definition) is 1. The first-order chi connectivity index (χ1) is 12.4. The molecule has 0 fully saturated rings. The molecular formula is C18H22F2N4O2. The molecule has 0 saturated heterocycles. The van der Waals surface area contributed by atoms with Crippen molar-refractivity contribution in [1.82, 2.24) is 15.0 Å². The van der Waals surface area contributed by atoms with Gasteiger partial charge in [0.15, 0.2) is 11.6 Å².